The highest BCUT2D eigenvalue weighted by Gasteiger charge is 2.32. The van der Waals surface area contributed by atoms with Crippen molar-refractivity contribution in [3.05, 3.63) is 18.2 Å². The van der Waals surface area contributed by atoms with Crippen LogP contribution in [0.2, 0.25) is 0 Å². The number of guanidine groups is 1. The molecular formula is C20H35N9O7. The third-order valence-electron chi connectivity index (χ3n) is 5.06. The highest BCUT2D eigenvalue weighted by Crippen LogP contribution is 2.05. The van der Waals surface area contributed by atoms with Gasteiger partial charge in [-0.25, -0.2) is 9.78 Å². The van der Waals surface area contributed by atoms with Crippen molar-refractivity contribution in [3.63, 3.8) is 0 Å². The molecule has 0 aliphatic carbocycles. The summed E-state index contributed by atoms with van der Waals surface area (Å²) in [5.74, 6) is -4.12. The second kappa shape index (κ2) is 14.6. The van der Waals surface area contributed by atoms with Crippen molar-refractivity contribution in [2.75, 3.05) is 6.54 Å². The summed E-state index contributed by atoms with van der Waals surface area (Å²) in [6, 6.07) is -5.44. The SMILES string of the molecule is CC(O)C(N)C(=O)NC(Cc1cnc[nH]1)C(=O)NC(CCCN=C(N)N)C(=O)NC(C(=O)O)C(C)O. The number of nitrogens with zero attached hydrogens (tertiary/aromatic N) is 2. The Labute approximate surface area is 207 Å². The van der Waals surface area contributed by atoms with E-state index in [1.165, 1.54) is 26.4 Å². The zero-order valence-electron chi connectivity index (χ0n) is 20.0. The van der Waals surface area contributed by atoms with E-state index >= 15 is 0 Å². The third kappa shape index (κ3) is 10.2. The number of nitrogens with two attached hydrogens (primary N) is 3. The average Bonchev–Trinajstić information content (AvgIpc) is 3.30. The second-order valence-electron chi connectivity index (χ2n) is 8.18. The molecule has 16 heteroatoms. The van der Waals surface area contributed by atoms with Gasteiger partial charge in [0, 0.05) is 24.9 Å². The van der Waals surface area contributed by atoms with Crippen LogP contribution < -0.4 is 33.2 Å². The van der Waals surface area contributed by atoms with E-state index in [1.54, 1.807) is 0 Å². The lowest BCUT2D eigenvalue weighted by atomic mass is 10.1. The molecule has 0 aromatic carbocycles. The van der Waals surface area contributed by atoms with Crippen molar-refractivity contribution < 1.29 is 34.5 Å². The normalized spacial score (nSPS) is 15.9. The Balaban J connectivity index is 3.10. The van der Waals surface area contributed by atoms with E-state index in [9.17, 15) is 34.5 Å². The van der Waals surface area contributed by atoms with Gasteiger partial charge in [-0.1, -0.05) is 0 Å². The average molecular weight is 514 g/mol. The van der Waals surface area contributed by atoms with Gasteiger partial charge in [0.2, 0.25) is 17.7 Å². The monoisotopic (exact) mass is 513 g/mol. The predicted molar refractivity (Wildman–Crippen MR) is 127 cm³/mol. The number of aliphatic carboxylic acids is 1. The van der Waals surface area contributed by atoms with Crippen LogP contribution in [0.25, 0.3) is 0 Å². The zero-order chi connectivity index (χ0) is 27.4. The van der Waals surface area contributed by atoms with Crippen molar-refractivity contribution in [1.82, 2.24) is 25.9 Å². The minimum absolute atomic E-state index is 0.00157. The summed E-state index contributed by atoms with van der Waals surface area (Å²) in [4.78, 5) is 60.2. The number of carbonyl (C=O) groups is 4. The van der Waals surface area contributed by atoms with E-state index in [0.29, 0.717) is 5.69 Å². The van der Waals surface area contributed by atoms with Crippen molar-refractivity contribution in [1.29, 1.82) is 0 Å². The molecule has 6 unspecified atom stereocenters. The molecule has 0 saturated carbocycles. The van der Waals surface area contributed by atoms with Crippen molar-refractivity contribution >= 4 is 29.7 Å². The third-order valence-corrected chi connectivity index (χ3v) is 5.06. The van der Waals surface area contributed by atoms with Crippen LogP contribution in [0.15, 0.2) is 17.5 Å². The van der Waals surface area contributed by atoms with Crippen LogP contribution in [0, 0.1) is 0 Å². The fraction of sp³-hybridized carbons (Fsp3) is 0.600. The Morgan fingerprint density at radius 3 is 2.14 bits per heavy atom. The smallest absolute Gasteiger partial charge is 0.328 e. The fourth-order valence-corrected chi connectivity index (χ4v) is 3.00. The predicted octanol–water partition coefficient (Wildman–Crippen LogP) is -4.37. The molecule has 1 aromatic heterocycles. The number of carboxylic acids is 1. The molecule has 6 atom stereocenters. The molecule has 3 amide bonds. The van der Waals surface area contributed by atoms with Crippen LogP contribution in [0.4, 0.5) is 0 Å². The minimum Gasteiger partial charge on any atom is -0.480 e. The number of aliphatic imine (C=N–C) groups is 1. The van der Waals surface area contributed by atoms with Gasteiger partial charge in [-0.05, 0) is 26.7 Å². The lowest BCUT2D eigenvalue weighted by molar-refractivity contribution is -0.145. The van der Waals surface area contributed by atoms with Crippen LogP contribution >= 0.6 is 0 Å². The molecule has 1 heterocycles. The fourth-order valence-electron chi connectivity index (χ4n) is 3.00. The molecule has 1 rings (SSSR count). The standard InChI is InChI=1S/C20H35N9O7/c1-9(30)14(21)18(34)28-13(6-11-7-24-8-26-11)17(33)27-12(4-3-5-25-20(22)23)16(32)29-15(10(2)31)19(35)36/h7-10,12-15,30-31H,3-6,21H2,1-2H3,(H,24,26)(H,27,33)(H,28,34)(H,29,32)(H,35,36)(H4,22,23,25). The summed E-state index contributed by atoms with van der Waals surface area (Å²) in [5, 5.41) is 35.6. The molecule has 0 spiro atoms. The van der Waals surface area contributed by atoms with E-state index in [4.69, 9.17) is 17.2 Å². The van der Waals surface area contributed by atoms with Crippen LogP contribution in [-0.4, -0.2) is 97.9 Å². The van der Waals surface area contributed by atoms with Gasteiger partial charge >= 0.3 is 5.97 Å². The number of rotatable bonds is 15. The van der Waals surface area contributed by atoms with E-state index in [2.05, 4.69) is 30.9 Å². The molecule has 0 saturated heterocycles. The first-order valence-electron chi connectivity index (χ1n) is 11.1. The van der Waals surface area contributed by atoms with Crippen molar-refractivity contribution in [3.8, 4) is 0 Å². The van der Waals surface area contributed by atoms with Gasteiger partial charge < -0.3 is 53.5 Å². The van der Waals surface area contributed by atoms with Gasteiger partial charge in [0.25, 0.3) is 0 Å². The molecule has 0 aliphatic heterocycles. The summed E-state index contributed by atoms with van der Waals surface area (Å²) >= 11 is 0. The largest absolute Gasteiger partial charge is 0.480 e. The zero-order valence-corrected chi connectivity index (χ0v) is 20.0. The molecule has 0 fully saturated rings. The van der Waals surface area contributed by atoms with Crippen molar-refractivity contribution in [2.45, 2.75) is 69.5 Å². The maximum Gasteiger partial charge on any atom is 0.328 e. The molecule has 0 bridgehead atoms. The first-order valence-corrected chi connectivity index (χ1v) is 11.1. The number of H-pyrrole nitrogens is 1. The minimum atomic E-state index is -1.63. The van der Waals surface area contributed by atoms with Gasteiger partial charge in [-0.3, -0.25) is 19.4 Å². The van der Waals surface area contributed by atoms with Gasteiger partial charge in [0.1, 0.15) is 18.1 Å². The van der Waals surface area contributed by atoms with Gasteiger partial charge in [-0.15, -0.1) is 0 Å². The van der Waals surface area contributed by atoms with Gasteiger partial charge in [0.05, 0.1) is 18.5 Å². The summed E-state index contributed by atoms with van der Waals surface area (Å²) in [5.41, 5.74) is 16.7. The molecule has 16 nitrogen and oxygen atoms in total. The summed E-state index contributed by atoms with van der Waals surface area (Å²) in [6.07, 6.45) is 0.363. The van der Waals surface area contributed by atoms with Gasteiger partial charge in [0.15, 0.2) is 12.0 Å². The quantitative estimate of drug-likeness (QED) is 0.0607. The van der Waals surface area contributed by atoms with Crippen LogP contribution in [0.5, 0.6) is 0 Å². The number of aromatic amines is 1. The Morgan fingerprint density at radius 2 is 1.64 bits per heavy atom. The number of imidazole rings is 1. The Hall–Kier alpha value is -3.76. The molecular weight excluding hydrogens is 478 g/mol. The van der Waals surface area contributed by atoms with E-state index in [0.717, 1.165) is 0 Å². The molecule has 1 aromatic rings. The molecule has 36 heavy (non-hydrogen) atoms. The maximum absolute atomic E-state index is 13.1. The molecule has 0 radical (unpaired) electrons. The van der Waals surface area contributed by atoms with E-state index in [1.807, 2.05) is 0 Å². The van der Waals surface area contributed by atoms with Crippen LogP contribution in [0.1, 0.15) is 32.4 Å². The summed E-state index contributed by atoms with van der Waals surface area (Å²) in [6.45, 7) is 2.62. The number of aromatic nitrogens is 2. The second-order valence-corrected chi connectivity index (χ2v) is 8.18. The number of carboxylic acid groups (broad SMARTS) is 1. The number of carbonyl (C=O) groups excluding carboxylic acids is 3. The number of hydrogen-bond donors (Lipinski definition) is 10. The Morgan fingerprint density at radius 1 is 1.03 bits per heavy atom. The molecule has 0 aliphatic rings. The first kappa shape index (κ1) is 30.3. The number of hydrogen-bond acceptors (Lipinski definition) is 9. The van der Waals surface area contributed by atoms with Crippen molar-refractivity contribution in [2.24, 2.45) is 22.2 Å². The van der Waals surface area contributed by atoms with E-state index in [-0.39, 0.29) is 31.8 Å². The van der Waals surface area contributed by atoms with E-state index < -0.39 is 60.1 Å². The summed E-state index contributed by atoms with van der Waals surface area (Å²) < 4.78 is 0. The number of aliphatic hydroxyl groups excluding tert-OH is 2. The lowest BCUT2D eigenvalue weighted by Gasteiger charge is -2.26. The first-order chi connectivity index (χ1) is 16.8. The number of nitrogens with one attached hydrogen (secondary N) is 4. The molecule has 202 valence electrons. The Bertz CT molecular complexity index is 901. The van der Waals surface area contributed by atoms with Crippen LogP contribution in [0.3, 0.4) is 0 Å². The maximum atomic E-state index is 13.1. The number of aliphatic hydroxyl groups is 2. The highest BCUT2D eigenvalue weighted by molar-refractivity contribution is 5.94. The summed E-state index contributed by atoms with van der Waals surface area (Å²) in [7, 11) is 0. The number of amides is 3. The topological polar surface area (TPSA) is 284 Å². The molecule has 13 N–H and O–H groups in total. The Kier molecular flexibility index (Phi) is 12.3. The van der Waals surface area contributed by atoms with Gasteiger partial charge in [-0.2, -0.15) is 0 Å². The highest BCUT2D eigenvalue weighted by atomic mass is 16.4. The lowest BCUT2D eigenvalue weighted by Crippen LogP contribution is -2.59. The van der Waals surface area contributed by atoms with Crippen LogP contribution in [-0.2, 0) is 25.6 Å².